The Bertz CT molecular complexity index is 2550. The van der Waals surface area contributed by atoms with E-state index in [1.165, 1.54) is 54.8 Å². The fourth-order valence-corrected chi connectivity index (χ4v) is 7.28. The normalized spacial score (nSPS) is 12.8. The van der Waals surface area contributed by atoms with Gasteiger partial charge in [0.25, 0.3) is 0 Å². The van der Waals surface area contributed by atoms with Crippen molar-refractivity contribution in [3.63, 3.8) is 0 Å². The van der Waals surface area contributed by atoms with E-state index in [0.29, 0.717) is 0 Å². The Labute approximate surface area is 234 Å². The Balaban J connectivity index is 1.48. The van der Waals surface area contributed by atoms with Crippen LogP contribution in [0.3, 0.4) is 0 Å². The molecule has 0 unspecified atom stereocenters. The first-order chi connectivity index (χ1) is 20.3. The number of aromatic nitrogens is 4. The van der Waals surface area contributed by atoms with Crippen LogP contribution in [-0.4, -0.2) is 18.9 Å². The lowest BCUT2D eigenvalue weighted by Gasteiger charge is -2.11. The van der Waals surface area contributed by atoms with Crippen LogP contribution in [0.1, 0.15) is 11.1 Å². The van der Waals surface area contributed by atoms with Crippen molar-refractivity contribution in [1.82, 2.24) is 18.9 Å². The minimum Gasteiger partial charge on any atom is -0.309 e. The molecule has 190 valence electrons. The van der Waals surface area contributed by atoms with E-state index in [1.807, 2.05) is 12.4 Å². The third-order valence-electron chi connectivity index (χ3n) is 8.97. The van der Waals surface area contributed by atoms with Gasteiger partial charge >= 0.3 is 0 Å². The summed E-state index contributed by atoms with van der Waals surface area (Å²) in [5.74, 6) is 0. The number of hydrogen-bond acceptors (Lipinski definition) is 2. The van der Waals surface area contributed by atoms with Gasteiger partial charge in [-0.2, -0.15) is 0 Å². The average Bonchev–Trinajstić information content (AvgIpc) is 3.69. The molecule has 0 N–H and O–H groups in total. The molecule has 0 aliphatic heterocycles. The topological polar surface area (TPSA) is 35.1 Å². The molecule has 1 aliphatic carbocycles. The van der Waals surface area contributed by atoms with Gasteiger partial charge in [0, 0.05) is 39.6 Å². The van der Waals surface area contributed by atoms with Gasteiger partial charge in [-0.25, -0.2) is 4.98 Å². The molecule has 4 aromatic heterocycles. The van der Waals surface area contributed by atoms with Crippen molar-refractivity contribution in [2.24, 2.45) is 0 Å². The molecular weight excluding hydrogens is 500 g/mol. The Kier molecular flexibility index (Phi) is 3.95. The molecule has 1 aliphatic rings. The molecule has 0 radical (unpaired) electrons. The third kappa shape index (κ3) is 2.69. The minimum absolute atomic E-state index is 0.958. The second-order valence-corrected chi connectivity index (χ2v) is 11.1. The van der Waals surface area contributed by atoms with Crippen LogP contribution in [0, 0.1) is 0 Å². The van der Waals surface area contributed by atoms with Gasteiger partial charge in [0.1, 0.15) is 5.65 Å². The van der Waals surface area contributed by atoms with Crippen LogP contribution >= 0.6 is 0 Å². The summed E-state index contributed by atoms with van der Waals surface area (Å²) in [5, 5.41) is 5.99. The largest absolute Gasteiger partial charge is 0.309 e. The van der Waals surface area contributed by atoms with Crippen LogP contribution in [0.15, 0.2) is 122 Å². The van der Waals surface area contributed by atoms with Gasteiger partial charge in [-0.3, -0.25) is 9.38 Å². The second-order valence-electron chi connectivity index (χ2n) is 11.1. The number of pyridine rings is 2. The lowest BCUT2D eigenvalue weighted by atomic mass is 9.99. The van der Waals surface area contributed by atoms with Gasteiger partial charge < -0.3 is 4.57 Å². The minimum atomic E-state index is 0.958. The summed E-state index contributed by atoms with van der Waals surface area (Å²) in [6.45, 7) is 0. The van der Waals surface area contributed by atoms with Crippen molar-refractivity contribution in [1.29, 1.82) is 0 Å². The molecule has 41 heavy (non-hydrogen) atoms. The van der Waals surface area contributed by atoms with Crippen molar-refractivity contribution >= 4 is 60.2 Å². The van der Waals surface area contributed by atoms with Gasteiger partial charge in [0.15, 0.2) is 0 Å². The van der Waals surface area contributed by atoms with E-state index < -0.39 is 0 Å². The number of nitrogens with zero attached hydrogens (tertiary/aromatic N) is 4. The van der Waals surface area contributed by atoms with Crippen molar-refractivity contribution in [3.05, 3.63) is 133 Å². The number of imidazole rings is 1. The van der Waals surface area contributed by atoms with Gasteiger partial charge in [-0.15, -0.1) is 0 Å². The zero-order valence-corrected chi connectivity index (χ0v) is 22.0. The zero-order chi connectivity index (χ0) is 26.7. The molecule has 0 spiro atoms. The summed E-state index contributed by atoms with van der Waals surface area (Å²) in [4.78, 5) is 9.83. The molecule has 0 saturated carbocycles. The number of benzene rings is 5. The standard InChI is InChI=1S/C37H22N4/c1-2-9-24(10-3-1)40-33-15-14-26-29-21-38-17-16-31(29)41-32-13-7-6-12-30(32)39-37(41)36(26)35(33)28-19-23-18-22-8-4-5-11-25(22)27(23)20-34(28)40/h1-17,19-21H,18H2. The van der Waals surface area contributed by atoms with E-state index in [9.17, 15) is 0 Å². The summed E-state index contributed by atoms with van der Waals surface area (Å²) < 4.78 is 4.75. The SMILES string of the molecule is c1ccc(-n2c3cc4c(cc3c3c5c(ccc32)c2cnccc2n2c3ccccc3nc52)Cc2ccccc2-4)cc1. The van der Waals surface area contributed by atoms with Crippen LogP contribution in [0.2, 0.25) is 0 Å². The van der Waals surface area contributed by atoms with Gasteiger partial charge in [-0.1, -0.05) is 60.7 Å². The second kappa shape index (κ2) is 7.58. The highest BCUT2D eigenvalue weighted by atomic mass is 15.0. The fourth-order valence-electron chi connectivity index (χ4n) is 7.28. The fraction of sp³-hybridized carbons (Fsp3) is 0.0270. The highest BCUT2D eigenvalue weighted by Gasteiger charge is 2.24. The molecule has 10 rings (SSSR count). The molecular formula is C37H22N4. The molecule has 0 bridgehead atoms. The quantitative estimate of drug-likeness (QED) is 0.202. The summed E-state index contributed by atoms with van der Waals surface area (Å²) in [6, 6.07) is 39.5. The number of para-hydroxylation sites is 3. The smallest absolute Gasteiger partial charge is 0.147 e. The lowest BCUT2D eigenvalue weighted by molar-refractivity contribution is 1.18. The molecule has 0 saturated heterocycles. The molecule has 9 aromatic rings. The number of rotatable bonds is 1. The Hall–Kier alpha value is -5.48. The summed E-state index contributed by atoms with van der Waals surface area (Å²) in [7, 11) is 0. The third-order valence-corrected chi connectivity index (χ3v) is 8.97. The van der Waals surface area contributed by atoms with Gasteiger partial charge in [0.2, 0.25) is 0 Å². The van der Waals surface area contributed by atoms with Crippen LogP contribution in [0.5, 0.6) is 0 Å². The van der Waals surface area contributed by atoms with E-state index in [4.69, 9.17) is 4.98 Å². The Morgan fingerprint density at radius 3 is 2.37 bits per heavy atom. The highest BCUT2D eigenvalue weighted by Crippen LogP contribution is 2.45. The van der Waals surface area contributed by atoms with Gasteiger partial charge in [-0.05, 0) is 82.6 Å². The van der Waals surface area contributed by atoms with E-state index >= 15 is 0 Å². The lowest BCUT2D eigenvalue weighted by Crippen LogP contribution is -1.95. The predicted molar refractivity (Wildman–Crippen MR) is 168 cm³/mol. The molecule has 4 heteroatoms. The summed E-state index contributed by atoms with van der Waals surface area (Å²) in [6.07, 6.45) is 4.84. The van der Waals surface area contributed by atoms with Gasteiger partial charge in [0.05, 0.1) is 27.6 Å². The predicted octanol–water partition coefficient (Wildman–Crippen LogP) is 8.86. The van der Waals surface area contributed by atoms with Crippen molar-refractivity contribution < 1.29 is 0 Å². The van der Waals surface area contributed by atoms with Crippen LogP contribution in [-0.2, 0) is 6.42 Å². The van der Waals surface area contributed by atoms with Crippen molar-refractivity contribution in [3.8, 4) is 16.8 Å². The average molecular weight is 523 g/mol. The molecule has 0 amide bonds. The highest BCUT2D eigenvalue weighted by molar-refractivity contribution is 6.30. The maximum Gasteiger partial charge on any atom is 0.147 e. The van der Waals surface area contributed by atoms with Crippen LogP contribution in [0.4, 0.5) is 0 Å². The van der Waals surface area contributed by atoms with Crippen LogP contribution < -0.4 is 0 Å². The maximum absolute atomic E-state index is 5.27. The number of fused-ring (bicyclic) bond motifs is 15. The number of hydrogen-bond donors (Lipinski definition) is 0. The molecule has 0 atom stereocenters. The van der Waals surface area contributed by atoms with E-state index in [0.717, 1.165) is 39.7 Å². The van der Waals surface area contributed by atoms with E-state index in [1.54, 1.807) is 0 Å². The van der Waals surface area contributed by atoms with E-state index in [2.05, 4.69) is 123 Å². The molecule has 5 aromatic carbocycles. The first kappa shape index (κ1) is 21.4. The maximum atomic E-state index is 5.27. The first-order valence-electron chi connectivity index (χ1n) is 14.1. The summed E-state index contributed by atoms with van der Waals surface area (Å²) >= 11 is 0. The molecule has 0 fully saturated rings. The molecule has 4 nitrogen and oxygen atoms in total. The summed E-state index contributed by atoms with van der Waals surface area (Å²) in [5.41, 5.74) is 13.2. The first-order valence-corrected chi connectivity index (χ1v) is 14.1. The zero-order valence-electron chi connectivity index (χ0n) is 22.0. The Morgan fingerprint density at radius 1 is 0.561 bits per heavy atom. The monoisotopic (exact) mass is 522 g/mol. The van der Waals surface area contributed by atoms with Crippen molar-refractivity contribution in [2.75, 3.05) is 0 Å². The van der Waals surface area contributed by atoms with Crippen LogP contribution in [0.25, 0.3) is 77.0 Å². The molecule has 4 heterocycles. The van der Waals surface area contributed by atoms with Crippen molar-refractivity contribution in [2.45, 2.75) is 6.42 Å². The van der Waals surface area contributed by atoms with E-state index in [-0.39, 0.29) is 0 Å². The Morgan fingerprint density at radius 2 is 1.41 bits per heavy atom.